The zero-order valence-corrected chi connectivity index (χ0v) is 14.3. The highest BCUT2D eigenvalue weighted by molar-refractivity contribution is 5.92. The van der Waals surface area contributed by atoms with Crippen LogP contribution in [-0.4, -0.2) is 30.5 Å². The Balaban J connectivity index is 2.06. The second-order valence-electron chi connectivity index (χ2n) is 5.30. The molecule has 2 aromatic carbocycles. The predicted molar refractivity (Wildman–Crippen MR) is 94.3 cm³/mol. The van der Waals surface area contributed by atoms with Crippen molar-refractivity contribution in [2.45, 2.75) is 6.42 Å². The third-order valence-corrected chi connectivity index (χ3v) is 3.46. The number of rotatable bonds is 7. The maximum atomic E-state index is 12.0. The third-order valence-electron chi connectivity index (χ3n) is 3.46. The van der Waals surface area contributed by atoms with Gasteiger partial charge >= 0.3 is 11.7 Å². The van der Waals surface area contributed by atoms with E-state index in [4.69, 9.17) is 10.00 Å². The molecule has 0 aliphatic carbocycles. The quantitative estimate of drug-likeness (QED) is 0.450. The van der Waals surface area contributed by atoms with Gasteiger partial charge in [-0.2, -0.15) is 5.26 Å². The lowest BCUT2D eigenvalue weighted by molar-refractivity contribution is -0.385. The molecule has 1 N–H and O–H groups in total. The predicted octanol–water partition coefficient (Wildman–Crippen LogP) is 2.46. The first-order chi connectivity index (χ1) is 12.9. The molecule has 0 saturated carbocycles. The Bertz CT molecular complexity index is 902. The summed E-state index contributed by atoms with van der Waals surface area (Å²) in [6.45, 7) is -0.495. The van der Waals surface area contributed by atoms with E-state index < -0.39 is 23.4 Å². The Labute approximate surface area is 154 Å². The fourth-order valence-electron chi connectivity index (χ4n) is 2.16. The normalized spacial score (nSPS) is 9.78. The Morgan fingerprint density at radius 3 is 2.52 bits per heavy atom. The average Bonchev–Trinajstić information content (AvgIpc) is 2.67. The van der Waals surface area contributed by atoms with Gasteiger partial charge in [0.05, 0.1) is 30.1 Å². The lowest BCUT2D eigenvalue weighted by Crippen LogP contribution is -2.20. The summed E-state index contributed by atoms with van der Waals surface area (Å²) in [5, 5.41) is 22.3. The smallest absolute Gasteiger partial charge is 0.337 e. The van der Waals surface area contributed by atoms with Crippen molar-refractivity contribution in [3.05, 3.63) is 63.7 Å². The number of nitro groups is 1. The van der Waals surface area contributed by atoms with Crippen LogP contribution in [0.15, 0.2) is 42.5 Å². The number of carbonyl (C=O) groups is 2. The Morgan fingerprint density at radius 2 is 1.93 bits per heavy atom. The molecule has 0 bridgehead atoms. The lowest BCUT2D eigenvalue weighted by atomic mass is 10.1. The summed E-state index contributed by atoms with van der Waals surface area (Å²) in [7, 11) is 1.18. The molecule has 0 aromatic heterocycles. The summed E-state index contributed by atoms with van der Waals surface area (Å²) in [5.41, 5.74) is 0.980. The lowest BCUT2D eigenvalue weighted by Gasteiger charge is -2.09. The van der Waals surface area contributed by atoms with Gasteiger partial charge in [0.15, 0.2) is 12.4 Å². The summed E-state index contributed by atoms with van der Waals surface area (Å²) < 4.78 is 9.78. The van der Waals surface area contributed by atoms with Gasteiger partial charge in [-0.3, -0.25) is 14.9 Å². The number of nitro benzene ring substituents is 1. The molecule has 0 heterocycles. The van der Waals surface area contributed by atoms with E-state index in [1.54, 1.807) is 24.3 Å². The largest absolute Gasteiger partial charge is 0.477 e. The van der Waals surface area contributed by atoms with Crippen LogP contribution in [0.5, 0.6) is 5.75 Å². The van der Waals surface area contributed by atoms with Crippen molar-refractivity contribution in [1.29, 1.82) is 5.26 Å². The van der Waals surface area contributed by atoms with E-state index in [1.807, 2.05) is 6.07 Å². The highest BCUT2D eigenvalue weighted by Gasteiger charge is 2.19. The molecule has 0 atom stereocenters. The molecule has 0 spiro atoms. The van der Waals surface area contributed by atoms with Crippen molar-refractivity contribution in [3.8, 4) is 11.8 Å². The molecule has 9 heteroatoms. The van der Waals surface area contributed by atoms with E-state index in [-0.39, 0.29) is 23.4 Å². The van der Waals surface area contributed by atoms with Crippen molar-refractivity contribution in [3.63, 3.8) is 0 Å². The Morgan fingerprint density at radius 1 is 1.22 bits per heavy atom. The molecule has 27 heavy (non-hydrogen) atoms. The van der Waals surface area contributed by atoms with E-state index in [0.29, 0.717) is 5.69 Å². The zero-order chi connectivity index (χ0) is 19.8. The number of esters is 1. The zero-order valence-electron chi connectivity index (χ0n) is 14.3. The van der Waals surface area contributed by atoms with Crippen LogP contribution in [0, 0.1) is 21.4 Å². The van der Waals surface area contributed by atoms with Gasteiger partial charge in [-0.05, 0) is 23.8 Å². The molecule has 9 nitrogen and oxygen atoms in total. The molecule has 0 aliphatic rings. The van der Waals surface area contributed by atoms with Gasteiger partial charge in [-0.25, -0.2) is 4.79 Å². The fourth-order valence-corrected chi connectivity index (χ4v) is 2.16. The molecular formula is C18H15N3O6. The maximum Gasteiger partial charge on any atom is 0.337 e. The standard InChI is InChI=1S/C18H15N3O6/c1-26-18(23)13-4-7-15(21(24)25)16(10-13)27-11-17(22)20-14-5-2-12(3-6-14)8-9-19/h2-7,10H,8,11H2,1H3,(H,20,22). The number of methoxy groups -OCH3 is 1. The van der Waals surface area contributed by atoms with E-state index in [2.05, 4.69) is 10.1 Å². The number of nitrogens with one attached hydrogen (secondary N) is 1. The summed E-state index contributed by atoms with van der Waals surface area (Å²) in [6.07, 6.45) is 0.261. The number of benzene rings is 2. The topological polar surface area (TPSA) is 132 Å². The highest BCUT2D eigenvalue weighted by Crippen LogP contribution is 2.28. The molecule has 2 aromatic rings. The van der Waals surface area contributed by atoms with Gasteiger partial charge in [-0.15, -0.1) is 0 Å². The second-order valence-corrected chi connectivity index (χ2v) is 5.30. The average molecular weight is 369 g/mol. The van der Waals surface area contributed by atoms with Crippen molar-refractivity contribution >= 4 is 23.3 Å². The molecule has 0 fully saturated rings. The molecule has 2 rings (SSSR count). The third kappa shape index (κ3) is 5.27. The maximum absolute atomic E-state index is 12.0. The number of nitrogens with zero attached hydrogens (tertiary/aromatic N) is 2. The SMILES string of the molecule is COC(=O)c1ccc([N+](=O)[O-])c(OCC(=O)Nc2ccc(CC#N)cc2)c1. The van der Waals surface area contributed by atoms with Crippen molar-refractivity contribution in [1.82, 2.24) is 0 Å². The van der Waals surface area contributed by atoms with E-state index in [1.165, 1.54) is 13.2 Å². The van der Waals surface area contributed by atoms with E-state index in [0.717, 1.165) is 17.7 Å². The minimum atomic E-state index is -0.684. The minimum Gasteiger partial charge on any atom is -0.477 e. The first-order valence-corrected chi connectivity index (χ1v) is 7.70. The number of amides is 1. The summed E-state index contributed by atoms with van der Waals surface area (Å²) in [6, 6.07) is 12.2. The number of hydrogen-bond donors (Lipinski definition) is 1. The van der Waals surface area contributed by atoms with E-state index >= 15 is 0 Å². The van der Waals surface area contributed by atoms with Gasteiger partial charge in [0, 0.05) is 17.8 Å². The van der Waals surface area contributed by atoms with Crippen molar-refractivity contribution in [2.24, 2.45) is 0 Å². The number of hydrogen-bond acceptors (Lipinski definition) is 7. The summed E-state index contributed by atoms with van der Waals surface area (Å²) in [5.74, 6) is -1.44. The van der Waals surface area contributed by atoms with Gasteiger partial charge in [0.2, 0.25) is 0 Å². The van der Waals surface area contributed by atoms with Crippen molar-refractivity contribution < 1.29 is 24.0 Å². The molecule has 0 unspecified atom stereocenters. The molecule has 0 aliphatic heterocycles. The Hall–Kier alpha value is -3.93. The van der Waals surface area contributed by atoms with Gasteiger partial charge in [0.25, 0.3) is 5.91 Å². The molecular weight excluding hydrogens is 354 g/mol. The van der Waals surface area contributed by atoms with Crippen LogP contribution < -0.4 is 10.1 Å². The van der Waals surface area contributed by atoms with Crippen LogP contribution in [0.2, 0.25) is 0 Å². The van der Waals surface area contributed by atoms with Gasteiger partial charge in [0.1, 0.15) is 0 Å². The number of carbonyl (C=O) groups excluding carboxylic acids is 2. The summed E-state index contributed by atoms with van der Waals surface area (Å²) >= 11 is 0. The minimum absolute atomic E-state index is 0.0617. The van der Waals surface area contributed by atoms with Crippen LogP contribution >= 0.6 is 0 Å². The second kappa shape index (κ2) is 8.96. The van der Waals surface area contributed by atoms with Crippen LogP contribution in [-0.2, 0) is 16.0 Å². The van der Waals surface area contributed by atoms with Crippen molar-refractivity contribution in [2.75, 3.05) is 19.0 Å². The fraction of sp³-hybridized carbons (Fsp3) is 0.167. The molecule has 0 radical (unpaired) electrons. The first-order valence-electron chi connectivity index (χ1n) is 7.70. The summed E-state index contributed by atoms with van der Waals surface area (Å²) in [4.78, 5) is 34.0. The van der Waals surface area contributed by atoms with Crippen LogP contribution in [0.1, 0.15) is 15.9 Å². The first kappa shape index (κ1) is 19.4. The Kier molecular flexibility index (Phi) is 6.44. The van der Waals surface area contributed by atoms with Gasteiger partial charge in [-0.1, -0.05) is 12.1 Å². The molecule has 0 saturated heterocycles. The van der Waals surface area contributed by atoms with Crippen LogP contribution in [0.4, 0.5) is 11.4 Å². The highest BCUT2D eigenvalue weighted by atomic mass is 16.6. The number of anilines is 1. The van der Waals surface area contributed by atoms with Crippen LogP contribution in [0.3, 0.4) is 0 Å². The monoisotopic (exact) mass is 369 g/mol. The van der Waals surface area contributed by atoms with Crippen LogP contribution in [0.25, 0.3) is 0 Å². The number of nitriles is 1. The molecule has 1 amide bonds. The van der Waals surface area contributed by atoms with E-state index in [9.17, 15) is 19.7 Å². The number of ether oxygens (including phenoxy) is 2. The van der Waals surface area contributed by atoms with Gasteiger partial charge < -0.3 is 14.8 Å². The molecule has 138 valence electrons.